The minimum Gasteiger partial charge on any atom is -0.341 e. The van der Waals surface area contributed by atoms with E-state index in [0.29, 0.717) is 22.8 Å². The fraction of sp³-hybridized carbons (Fsp3) is 0.526. The van der Waals surface area contributed by atoms with Gasteiger partial charge in [0.2, 0.25) is 5.91 Å². The molecule has 3 rings (SSSR count). The second-order valence-electron chi connectivity index (χ2n) is 6.58. The number of rotatable bonds is 7. The van der Waals surface area contributed by atoms with Gasteiger partial charge in [0.25, 0.3) is 0 Å². The van der Waals surface area contributed by atoms with Gasteiger partial charge >= 0.3 is 0 Å². The lowest BCUT2D eigenvalue weighted by atomic mass is 10.2. The Hall–Kier alpha value is -1.31. The smallest absolute Gasteiger partial charge is 0.224 e. The standard InChI is InChI=1S/C19H25ClN4OS2/c1-2-3-9-23-18(15-4-6-16(20)7-5-15)21-24(19(23)26)10-8-17(25)22-11-13-27-14-12-22/h4-7H,2-3,8-14H2,1H3. The van der Waals surface area contributed by atoms with E-state index < -0.39 is 0 Å². The quantitative estimate of drug-likeness (QED) is 0.613. The van der Waals surface area contributed by atoms with E-state index in [-0.39, 0.29) is 5.91 Å². The molecule has 0 atom stereocenters. The van der Waals surface area contributed by atoms with Crippen LogP contribution in [0.4, 0.5) is 0 Å². The minimum absolute atomic E-state index is 0.188. The topological polar surface area (TPSA) is 43.1 Å². The van der Waals surface area contributed by atoms with Crippen molar-refractivity contribution in [2.45, 2.75) is 39.3 Å². The first-order valence-corrected chi connectivity index (χ1v) is 11.3. The Kier molecular flexibility index (Phi) is 7.38. The molecule has 0 unspecified atom stereocenters. The molecule has 0 N–H and O–H groups in total. The van der Waals surface area contributed by atoms with Crippen LogP contribution in [0.1, 0.15) is 26.2 Å². The van der Waals surface area contributed by atoms with Crippen molar-refractivity contribution < 1.29 is 4.79 Å². The van der Waals surface area contributed by atoms with Gasteiger partial charge in [-0.15, -0.1) is 0 Å². The molecule has 2 heterocycles. The molecule has 5 nitrogen and oxygen atoms in total. The van der Waals surface area contributed by atoms with Crippen LogP contribution in [0, 0.1) is 4.77 Å². The van der Waals surface area contributed by atoms with Gasteiger partial charge in [-0.3, -0.25) is 9.36 Å². The summed E-state index contributed by atoms with van der Waals surface area (Å²) in [4.78, 5) is 14.4. The number of carbonyl (C=O) groups is 1. The molecule has 0 radical (unpaired) electrons. The van der Waals surface area contributed by atoms with Crippen LogP contribution in [0.15, 0.2) is 24.3 Å². The van der Waals surface area contributed by atoms with E-state index >= 15 is 0 Å². The van der Waals surface area contributed by atoms with Crippen molar-refractivity contribution in [2.24, 2.45) is 0 Å². The Morgan fingerprint density at radius 1 is 1.22 bits per heavy atom. The number of thioether (sulfide) groups is 1. The third-order valence-corrected chi connectivity index (χ3v) is 6.29. The Morgan fingerprint density at radius 2 is 1.93 bits per heavy atom. The zero-order chi connectivity index (χ0) is 19.2. The number of aromatic nitrogens is 3. The van der Waals surface area contributed by atoms with Crippen LogP contribution < -0.4 is 0 Å². The summed E-state index contributed by atoms with van der Waals surface area (Å²) in [6, 6.07) is 7.65. The number of aryl methyl sites for hydroxylation is 1. The first-order chi connectivity index (χ1) is 13.1. The van der Waals surface area contributed by atoms with Crippen molar-refractivity contribution >= 4 is 41.5 Å². The summed E-state index contributed by atoms with van der Waals surface area (Å²) >= 11 is 13.6. The molecular formula is C19H25ClN4OS2. The molecule has 0 saturated carbocycles. The number of hydrogen-bond acceptors (Lipinski definition) is 4. The first-order valence-electron chi connectivity index (χ1n) is 9.39. The van der Waals surface area contributed by atoms with E-state index in [0.717, 1.165) is 55.4 Å². The third kappa shape index (κ3) is 5.15. The van der Waals surface area contributed by atoms with Gasteiger partial charge in [0, 0.05) is 48.1 Å². The molecule has 1 saturated heterocycles. The lowest BCUT2D eigenvalue weighted by molar-refractivity contribution is -0.131. The van der Waals surface area contributed by atoms with Crippen molar-refractivity contribution in [1.82, 2.24) is 19.2 Å². The maximum Gasteiger partial charge on any atom is 0.224 e. The van der Waals surface area contributed by atoms with Gasteiger partial charge < -0.3 is 4.90 Å². The Bertz CT molecular complexity index is 825. The largest absolute Gasteiger partial charge is 0.341 e. The predicted octanol–water partition coefficient (Wildman–Crippen LogP) is 4.50. The molecule has 0 spiro atoms. The fourth-order valence-corrected chi connectivity index (χ4v) is 4.43. The summed E-state index contributed by atoms with van der Waals surface area (Å²) in [7, 11) is 0. The molecule has 8 heteroatoms. The SMILES string of the molecule is CCCCn1c(-c2ccc(Cl)cc2)nn(CCC(=O)N2CCSCC2)c1=S. The number of nitrogens with zero attached hydrogens (tertiary/aromatic N) is 4. The number of benzene rings is 1. The van der Waals surface area contributed by atoms with Crippen LogP contribution in [0.2, 0.25) is 5.02 Å². The highest BCUT2D eigenvalue weighted by molar-refractivity contribution is 7.99. The highest BCUT2D eigenvalue weighted by atomic mass is 35.5. The van der Waals surface area contributed by atoms with Gasteiger partial charge in [-0.25, -0.2) is 4.68 Å². The molecule has 1 aromatic heterocycles. The molecule has 1 aromatic carbocycles. The van der Waals surface area contributed by atoms with E-state index in [2.05, 4.69) is 11.5 Å². The van der Waals surface area contributed by atoms with E-state index in [1.807, 2.05) is 40.9 Å². The fourth-order valence-electron chi connectivity index (χ4n) is 3.09. The molecule has 1 aliphatic rings. The molecule has 0 bridgehead atoms. The second kappa shape index (κ2) is 9.75. The Morgan fingerprint density at radius 3 is 2.59 bits per heavy atom. The van der Waals surface area contributed by atoms with E-state index in [1.165, 1.54) is 0 Å². The number of halogens is 1. The number of amides is 1. The Balaban J connectivity index is 1.79. The van der Waals surface area contributed by atoms with Gasteiger partial charge in [-0.05, 0) is 42.9 Å². The average molecular weight is 425 g/mol. The predicted molar refractivity (Wildman–Crippen MR) is 115 cm³/mol. The van der Waals surface area contributed by atoms with Crippen molar-refractivity contribution in [3.05, 3.63) is 34.1 Å². The summed E-state index contributed by atoms with van der Waals surface area (Å²) in [6.07, 6.45) is 2.55. The van der Waals surface area contributed by atoms with Crippen LogP contribution >= 0.6 is 35.6 Å². The van der Waals surface area contributed by atoms with Crippen LogP contribution in [0.5, 0.6) is 0 Å². The summed E-state index contributed by atoms with van der Waals surface area (Å²) < 4.78 is 4.55. The second-order valence-corrected chi connectivity index (χ2v) is 8.61. The summed E-state index contributed by atoms with van der Waals surface area (Å²) in [6.45, 7) is 5.18. The Labute approximate surface area is 174 Å². The van der Waals surface area contributed by atoms with Crippen molar-refractivity contribution in [1.29, 1.82) is 0 Å². The molecule has 27 heavy (non-hydrogen) atoms. The van der Waals surface area contributed by atoms with Crippen molar-refractivity contribution in [3.8, 4) is 11.4 Å². The normalized spacial score (nSPS) is 14.5. The molecule has 1 amide bonds. The van der Waals surface area contributed by atoms with Crippen LogP contribution in [-0.2, 0) is 17.9 Å². The van der Waals surface area contributed by atoms with Crippen LogP contribution in [0.25, 0.3) is 11.4 Å². The van der Waals surface area contributed by atoms with E-state index in [9.17, 15) is 4.79 Å². The molecule has 1 aliphatic heterocycles. The maximum atomic E-state index is 12.5. The van der Waals surface area contributed by atoms with Gasteiger partial charge in [-0.2, -0.15) is 16.9 Å². The number of hydrogen-bond donors (Lipinski definition) is 0. The molecular weight excluding hydrogens is 400 g/mol. The van der Waals surface area contributed by atoms with Crippen molar-refractivity contribution in [2.75, 3.05) is 24.6 Å². The van der Waals surface area contributed by atoms with Crippen molar-refractivity contribution in [3.63, 3.8) is 0 Å². The van der Waals surface area contributed by atoms with Gasteiger partial charge in [0.05, 0.1) is 6.54 Å². The lowest BCUT2D eigenvalue weighted by Gasteiger charge is -2.26. The first kappa shape index (κ1) is 20.4. The molecule has 146 valence electrons. The van der Waals surface area contributed by atoms with Crippen LogP contribution in [0.3, 0.4) is 0 Å². The zero-order valence-corrected chi connectivity index (χ0v) is 18.0. The number of unbranched alkanes of at least 4 members (excludes halogenated alkanes) is 1. The lowest BCUT2D eigenvalue weighted by Crippen LogP contribution is -2.38. The maximum absolute atomic E-state index is 12.5. The minimum atomic E-state index is 0.188. The summed E-state index contributed by atoms with van der Waals surface area (Å²) in [5.41, 5.74) is 0.986. The zero-order valence-electron chi connectivity index (χ0n) is 15.6. The molecule has 0 aliphatic carbocycles. The third-order valence-electron chi connectivity index (χ3n) is 4.66. The molecule has 2 aromatic rings. The van der Waals surface area contributed by atoms with Gasteiger partial charge in [-0.1, -0.05) is 24.9 Å². The summed E-state index contributed by atoms with van der Waals surface area (Å²) in [5, 5.41) is 5.43. The van der Waals surface area contributed by atoms with E-state index in [4.69, 9.17) is 28.9 Å². The van der Waals surface area contributed by atoms with Gasteiger partial charge in [0.15, 0.2) is 10.6 Å². The molecule has 1 fully saturated rings. The summed E-state index contributed by atoms with van der Waals surface area (Å²) in [5.74, 6) is 3.08. The average Bonchev–Trinajstić information content (AvgIpc) is 3.01. The van der Waals surface area contributed by atoms with Crippen LogP contribution in [-0.4, -0.2) is 49.7 Å². The highest BCUT2D eigenvalue weighted by Gasteiger charge is 2.18. The highest BCUT2D eigenvalue weighted by Crippen LogP contribution is 2.22. The van der Waals surface area contributed by atoms with Gasteiger partial charge in [0.1, 0.15) is 0 Å². The monoisotopic (exact) mass is 424 g/mol. The van der Waals surface area contributed by atoms with E-state index in [1.54, 1.807) is 4.68 Å². The number of carbonyl (C=O) groups excluding carboxylic acids is 1.